The van der Waals surface area contributed by atoms with Gasteiger partial charge in [0.1, 0.15) is 0 Å². The maximum atomic E-state index is 10.7. The molecule has 0 radical (unpaired) electrons. The highest BCUT2D eigenvalue weighted by Crippen LogP contribution is 2.20. The summed E-state index contributed by atoms with van der Waals surface area (Å²) in [6.07, 6.45) is 0.0756. The Kier molecular flexibility index (Phi) is 5.05. The Morgan fingerprint density at radius 2 is 1.94 bits per heavy atom. The lowest BCUT2D eigenvalue weighted by Crippen LogP contribution is -2.22. The Hall–Kier alpha value is -1.48. The molecule has 6 nitrogen and oxygen atoms in total. The summed E-state index contributed by atoms with van der Waals surface area (Å²) < 4.78 is 0. The van der Waals surface area contributed by atoms with Gasteiger partial charge in [-0.1, -0.05) is 0 Å². The highest BCUT2D eigenvalue weighted by molar-refractivity contribution is 5.68. The number of nitrogens with zero attached hydrogens (tertiary/aromatic N) is 3. The summed E-state index contributed by atoms with van der Waals surface area (Å²) in [7, 11) is 0. The largest absolute Gasteiger partial charge is 0.342 e. The molecule has 0 aromatic rings. The van der Waals surface area contributed by atoms with E-state index in [1.165, 1.54) is 0 Å². The van der Waals surface area contributed by atoms with E-state index in [0.29, 0.717) is 0 Å². The Bertz CT molecular complexity index is 314. The number of hydrogen-bond donors (Lipinski definition) is 1. The van der Waals surface area contributed by atoms with E-state index in [1.54, 1.807) is 6.92 Å². The molecular weight excluding hydrogens is 210 g/mol. The molecule has 0 aliphatic heterocycles. The Labute approximate surface area is 94.9 Å². The lowest BCUT2D eigenvalue weighted by molar-refractivity contribution is -0.234. The summed E-state index contributed by atoms with van der Waals surface area (Å²) >= 11 is 0. The van der Waals surface area contributed by atoms with E-state index in [4.69, 9.17) is 10.5 Å². The Morgan fingerprint density at radius 3 is 2.31 bits per heavy atom. The zero-order valence-electron chi connectivity index (χ0n) is 10.0. The summed E-state index contributed by atoms with van der Waals surface area (Å²) in [6.45, 7) is 7.15. The molecule has 0 heterocycles. The third kappa shape index (κ3) is 6.09. The highest BCUT2D eigenvalue weighted by Gasteiger charge is 2.26. The van der Waals surface area contributed by atoms with Crippen molar-refractivity contribution in [1.82, 2.24) is 0 Å². The van der Waals surface area contributed by atoms with Gasteiger partial charge in [0.25, 0.3) is 0 Å². The maximum Gasteiger partial charge on any atom is 0.342 e. The summed E-state index contributed by atoms with van der Waals surface area (Å²) in [6, 6.07) is 1.98. The first kappa shape index (κ1) is 14.5. The minimum atomic E-state index is -1.07. The SMILES string of the molecule is CC(C)(C)N=NC(C)(C#N)CCC(=O)OO. The number of carbonyl (C=O) groups is 1. The fraction of sp³-hybridized carbons (Fsp3) is 0.800. The fourth-order valence-electron chi connectivity index (χ4n) is 0.780. The molecule has 0 aromatic heterocycles. The summed E-state index contributed by atoms with van der Waals surface area (Å²) in [5.41, 5.74) is -1.43. The monoisotopic (exact) mass is 227 g/mol. The van der Waals surface area contributed by atoms with Crippen molar-refractivity contribution in [2.75, 3.05) is 0 Å². The van der Waals surface area contributed by atoms with Crippen LogP contribution < -0.4 is 0 Å². The van der Waals surface area contributed by atoms with Gasteiger partial charge in [0.2, 0.25) is 0 Å². The second-order valence-electron chi connectivity index (χ2n) is 4.72. The van der Waals surface area contributed by atoms with Gasteiger partial charge in [-0.3, -0.25) is 0 Å². The van der Waals surface area contributed by atoms with E-state index in [2.05, 4.69) is 15.1 Å². The van der Waals surface area contributed by atoms with Crippen molar-refractivity contribution in [3.8, 4) is 6.07 Å². The van der Waals surface area contributed by atoms with Crippen LogP contribution in [-0.2, 0) is 9.68 Å². The molecule has 1 atom stereocenters. The van der Waals surface area contributed by atoms with Gasteiger partial charge in [-0.15, -0.1) is 0 Å². The van der Waals surface area contributed by atoms with Crippen LogP contribution in [-0.4, -0.2) is 22.3 Å². The van der Waals surface area contributed by atoms with Crippen molar-refractivity contribution in [2.45, 2.75) is 51.6 Å². The van der Waals surface area contributed by atoms with Crippen LogP contribution in [0.2, 0.25) is 0 Å². The first-order valence-corrected chi connectivity index (χ1v) is 4.92. The normalized spacial score (nSPS) is 15.5. The van der Waals surface area contributed by atoms with Gasteiger partial charge >= 0.3 is 5.97 Å². The Morgan fingerprint density at radius 1 is 1.38 bits per heavy atom. The number of rotatable bonds is 4. The zero-order valence-corrected chi connectivity index (χ0v) is 10.0. The van der Waals surface area contributed by atoms with Crippen LogP contribution in [0.25, 0.3) is 0 Å². The predicted octanol–water partition coefficient (Wildman–Crippen LogP) is 2.32. The molecule has 0 aliphatic rings. The number of azo groups is 1. The van der Waals surface area contributed by atoms with Crippen LogP contribution in [0.15, 0.2) is 10.2 Å². The van der Waals surface area contributed by atoms with Crippen LogP contribution in [0.3, 0.4) is 0 Å². The molecular formula is C10H17N3O3. The van der Waals surface area contributed by atoms with Gasteiger partial charge in [0.05, 0.1) is 18.0 Å². The molecule has 1 unspecified atom stereocenters. The van der Waals surface area contributed by atoms with Gasteiger partial charge in [-0.2, -0.15) is 20.7 Å². The van der Waals surface area contributed by atoms with Crippen molar-refractivity contribution in [3.63, 3.8) is 0 Å². The van der Waals surface area contributed by atoms with Crippen LogP contribution in [0, 0.1) is 11.3 Å². The molecule has 16 heavy (non-hydrogen) atoms. The number of hydrogen-bond acceptors (Lipinski definition) is 6. The quantitative estimate of drug-likeness (QED) is 0.453. The third-order valence-electron chi connectivity index (χ3n) is 1.73. The molecule has 0 saturated heterocycles. The van der Waals surface area contributed by atoms with E-state index >= 15 is 0 Å². The molecule has 0 rings (SSSR count). The fourth-order valence-corrected chi connectivity index (χ4v) is 0.780. The molecule has 6 heteroatoms. The molecule has 1 N–H and O–H groups in total. The van der Waals surface area contributed by atoms with Crippen LogP contribution in [0.5, 0.6) is 0 Å². The third-order valence-corrected chi connectivity index (χ3v) is 1.73. The molecule has 0 aromatic carbocycles. The van der Waals surface area contributed by atoms with E-state index in [1.807, 2.05) is 26.8 Å². The lowest BCUT2D eigenvalue weighted by atomic mass is 9.99. The van der Waals surface area contributed by atoms with Gasteiger partial charge < -0.3 is 4.89 Å². The first-order chi connectivity index (χ1) is 7.22. The van der Waals surface area contributed by atoms with E-state index in [-0.39, 0.29) is 18.4 Å². The van der Waals surface area contributed by atoms with Crippen molar-refractivity contribution in [2.24, 2.45) is 10.2 Å². The number of carbonyl (C=O) groups excluding carboxylic acids is 1. The average Bonchev–Trinajstić information content (AvgIpc) is 2.22. The molecule has 0 saturated carbocycles. The minimum Gasteiger partial charge on any atom is -0.301 e. The van der Waals surface area contributed by atoms with Crippen LogP contribution >= 0.6 is 0 Å². The molecule has 0 aliphatic carbocycles. The van der Waals surface area contributed by atoms with Gasteiger partial charge in [0.15, 0.2) is 5.54 Å². The van der Waals surface area contributed by atoms with Crippen molar-refractivity contribution in [3.05, 3.63) is 0 Å². The lowest BCUT2D eigenvalue weighted by Gasteiger charge is -2.17. The first-order valence-electron chi connectivity index (χ1n) is 4.92. The van der Waals surface area contributed by atoms with Crippen LogP contribution in [0.1, 0.15) is 40.5 Å². The van der Waals surface area contributed by atoms with Crippen LogP contribution in [0.4, 0.5) is 0 Å². The molecule has 90 valence electrons. The smallest absolute Gasteiger partial charge is 0.301 e. The summed E-state index contributed by atoms with van der Waals surface area (Å²) in [5, 5.41) is 24.9. The van der Waals surface area contributed by atoms with E-state index < -0.39 is 11.5 Å². The predicted molar refractivity (Wildman–Crippen MR) is 56.6 cm³/mol. The number of nitriles is 1. The molecule has 0 fully saturated rings. The topological polar surface area (TPSA) is 95.0 Å². The van der Waals surface area contributed by atoms with Gasteiger partial charge in [-0.05, 0) is 34.1 Å². The van der Waals surface area contributed by atoms with Gasteiger partial charge in [0, 0.05) is 0 Å². The Balaban J connectivity index is 4.51. The van der Waals surface area contributed by atoms with Crippen molar-refractivity contribution >= 4 is 5.97 Å². The van der Waals surface area contributed by atoms with E-state index in [0.717, 1.165) is 0 Å². The summed E-state index contributed by atoms with van der Waals surface area (Å²) in [5.74, 6) is -0.785. The standard InChI is InChI=1S/C10H17N3O3/c1-9(2,3)12-13-10(4,7-11)6-5-8(14)16-15/h15H,5-6H2,1-4H3. The summed E-state index contributed by atoms with van der Waals surface area (Å²) in [4.78, 5) is 14.2. The second-order valence-corrected chi connectivity index (χ2v) is 4.72. The van der Waals surface area contributed by atoms with Crippen molar-refractivity contribution in [1.29, 1.82) is 5.26 Å². The molecule has 0 bridgehead atoms. The van der Waals surface area contributed by atoms with Gasteiger partial charge in [-0.25, -0.2) is 4.79 Å². The van der Waals surface area contributed by atoms with E-state index in [9.17, 15) is 4.79 Å². The molecule has 0 amide bonds. The molecule has 0 spiro atoms. The maximum absolute atomic E-state index is 10.7. The average molecular weight is 227 g/mol. The van der Waals surface area contributed by atoms with Crippen molar-refractivity contribution < 1.29 is 14.9 Å². The second kappa shape index (κ2) is 5.56. The zero-order chi connectivity index (χ0) is 12.8. The highest BCUT2D eigenvalue weighted by atomic mass is 17.1. The minimum absolute atomic E-state index is 0.0796.